The summed E-state index contributed by atoms with van der Waals surface area (Å²) >= 11 is 0. The van der Waals surface area contributed by atoms with E-state index in [1.165, 1.54) is 16.4 Å². The van der Waals surface area contributed by atoms with Gasteiger partial charge in [-0.3, -0.25) is 4.79 Å². The summed E-state index contributed by atoms with van der Waals surface area (Å²) in [4.78, 5) is 12.6. The molecule has 140 valence electrons. The number of carbonyl (C=O) groups is 1. The molecule has 0 spiro atoms. The fraction of sp³-hybridized carbons (Fsp3) is 0.300. The molecule has 3 rings (SSSR count). The highest BCUT2D eigenvalue weighted by molar-refractivity contribution is 7.89. The second-order valence-electron chi connectivity index (χ2n) is 6.49. The monoisotopic (exact) mass is 383 g/mol. The van der Waals surface area contributed by atoms with Crippen LogP contribution in [0.5, 0.6) is 0 Å². The van der Waals surface area contributed by atoms with E-state index in [0.29, 0.717) is 24.3 Å². The van der Waals surface area contributed by atoms with Gasteiger partial charge in [0.15, 0.2) is 0 Å². The van der Waals surface area contributed by atoms with Crippen molar-refractivity contribution in [3.63, 3.8) is 0 Å². The molecule has 7 heteroatoms. The maximum atomic E-state index is 12.9. The Morgan fingerprint density at radius 2 is 1.67 bits per heavy atom. The van der Waals surface area contributed by atoms with Crippen LogP contribution in [0.2, 0.25) is 0 Å². The summed E-state index contributed by atoms with van der Waals surface area (Å²) in [7, 11) is -3.61. The highest BCUT2D eigenvalue weighted by Gasteiger charge is 2.25. The van der Waals surface area contributed by atoms with Crippen molar-refractivity contribution >= 4 is 21.6 Å². The highest BCUT2D eigenvalue weighted by atomic mass is 32.2. The molecule has 0 radical (unpaired) electrons. The topological polar surface area (TPSA) is 90.3 Å². The fourth-order valence-electron chi connectivity index (χ4n) is 3.06. The lowest BCUT2D eigenvalue weighted by Crippen LogP contribution is -2.32. The molecule has 2 aromatic carbocycles. The number of hydrogen-bond acceptors (Lipinski definition) is 4. The molecule has 1 aliphatic rings. The number of benzene rings is 2. The maximum absolute atomic E-state index is 12.9. The first-order chi connectivity index (χ1) is 13.0. The molecule has 1 heterocycles. The first-order valence-corrected chi connectivity index (χ1v) is 10.4. The van der Waals surface area contributed by atoms with Crippen LogP contribution in [0.25, 0.3) is 0 Å². The van der Waals surface area contributed by atoms with Gasteiger partial charge in [-0.25, -0.2) is 8.42 Å². The van der Waals surface area contributed by atoms with Crippen LogP contribution in [0.3, 0.4) is 0 Å². The molecule has 1 N–H and O–H groups in total. The lowest BCUT2D eigenvalue weighted by atomic mass is 10.2. The molecule has 2 aromatic rings. The second-order valence-corrected chi connectivity index (χ2v) is 8.43. The average Bonchev–Trinajstić information content (AvgIpc) is 2.99. The van der Waals surface area contributed by atoms with Gasteiger partial charge in [-0.05, 0) is 55.3 Å². The Kier molecular flexibility index (Phi) is 5.89. The normalized spacial score (nSPS) is 15.5. The minimum Gasteiger partial charge on any atom is -0.322 e. The molecule has 1 saturated heterocycles. The molecule has 0 unspecified atom stereocenters. The van der Waals surface area contributed by atoms with E-state index in [1.807, 2.05) is 6.07 Å². The molecule has 0 aliphatic carbocycles. The van der Waals surface area contributed by atoms with Gasteiger partial charge < -0.3 is 5.32 Å². The summed E-state index contributed by atoms with van der Waals surface area (Å²) < 4.78 is 27.3. The third-order valence-electron chi connectivity index (χ3n) is 4.57. The summed E-state index contributed by atoms with van der Waals surface area (Å²) in [5, 5.41) is 11.5. The van der Waals surface area contributed by atoms with E-state index in [1.54, 1.807) is 36.4 Å². The number of rotatable bonds is 4. The van der Waals surface area contributed by atoms with E-state index in [9.17, 15) is 13.2 Å². The van der Waals surface area contributed by atoms with E-state index in [0.717, 1.165) is 25.7 Å². The van der Waals surface area contributed by atoms with Crippen molar-refractivity contribution in [1.82, 2.24) is 4.31 Å². The van der Waals surface area contributed by atoms with Gasteiger partial charge in [0.2, 0.25) is 10.0 Å². The van der Waals surface area contributed by atoms with E-state index < -0.39 is 15.9 Å². The zero-order chi connectivity index (χ0) is 19.3. The molecular weight excluding hydrogens is 362 g/mol. The molecule has 1 fully saturated rings. The van der Waals surface area contributed by atoms with Crippen molar-refractivity contribution in [2.24, 2.45) is 0 Å². The predicted octanol–water partition coefficient (Wildman–Crippen LogP) is 3.38. The molecule has 1 amide bonds. The number of amides is 1. The average molecular weight is 383 g/mol. The summed E-state index contributed by atoms with van der Waals surface area (Å²) in [5.41, 5.74) is 1.31. The Bertz CT molecular complexity index is 955. The van der Waals surface area contributed by atoms with E-state index in [2.05, 4.69) is 5.32 Å². The van der Waals surface area contributed by atoms with Gasteiger partial charge in [0.05, 0.1) is 16.5 Å². The van der Waals surface area contributed by atoms with Gasteiger partial charge >= 0.3 is 0 Å². The summed E-state index contributed by atoms with van der Waals surface area (Å²) in [6, 6.07) is 14.6. The van der Waals surface area contributed by atoms with Gasteiger partial charge in [0.1, 0.15) is 0 Å². The predicted molar refractivity (Wildman–Crippen MR) is 103 cm³/mol. The zero-order valence-corrected chi connectivity index (χ0v) is 15.7. The van der Waals surface area contributed by atoms with Crippen molar-refractivity contribution in [1.29, 1.82) is 5.26 Å². The molecule has 0 aromatic heterocycles. The number of carbonyl (C=O) groups excluding carboxylic acids is 1. The van der Waals surface area contributed by atoms with Gasteiger partial charge in [-0.1, -0.05) is 18.9 Å². The Hall–Kier alpha value is -2.69. The number of sulfonamides is 1. The summed E-state index contributed by atoms with van der Waals surface area (Å²) in [6.45, 7) is 1.04. The quantitative estimate of drug-likeness (QED) is 0.876. The second kappa shape index (κ2) is 8.33. The van der Waals surface area contributed by atoms with Crippen molar-refractivity contribution in [2.75, 3.05) is 18.4 Å². The minimum atomic E-state index is -3.61. The van der Waals surface area contributed by atoms with Crippen molar-refractivity contribution in [3.05, 3.63) is 59.7 Å². The SMILES string of the molecule is N#Cc1ccc(NC(=O)c2cccc(S(=O)(=O)N3CCCCCC3)c2)cc1. The van der Waals surface area contributed by atoms with Crippen molar-refractivity contribution < 1.29 is 13.2 Å². The Morgan fingerprint density at radius 3 is 2.30 bits per heavy atom. The van der Waals surface area contributed by atoms with Crippen LogP contribution in [0.1, 0.15) is 41.6 Å². The van der Waals surface area contributed by atoms with Crippen LogP contribution in [0.15, 0.2) is 53.4 Å². The molecule has 0 atom stereocenters. The highest BCUT2D eigenvalue weighted by Crippen LogP contribution is 2.21. The van der Waals surface area contributed by atoms with Crippen LogP contribution in [0.4, 0.5) is 5.69 Å². The van der Waals surface area contributed by atoms with E-state index >= 15 is 0 Å². The molecule has 0 saturated carbocycles. The van der Waals surface area contributed by atoms with Gasteiger partial charge in [-0.2, -0.15) is 9.57 Å². The van der Waals surface area contributed by atoms with Crippen molar-refractivity contribution in [3.8, 4) is 6.07 Å². The standard InChI is InChI=1S/C20H21N3O3S/c21-15-16-8-10-18(11-9-16)22-20(24)17-6-5-7-19(14-17)27(25,26)23-12-3-1-2-4-13-23/h5-11,14H,1-4,12-13H2,(H,22,24). The van der Waals surface area contributed by atoms with Crippen LogP contribution in [0, 0.1) is 11.3 Å². The molecule has 0 bridgehead atoms. The lowest BCUT2D eigenvalue weighted by Gasteiger charge is -2.20. The van der Waals surface area contributed by atoms with Crippen LogP contribution < -0.4 is 5.32 Å². The van der Waals surface area contributed by atoms with E-state index in [4.69, 9.17) is 5.26 Å². The van der Waals surface area contributed by atoms with Crippen LogP contribution in [-0.2, 0) is 10.0 Å². The summed E-state index contributed by atoms with van der Waals surface area (Å²) in [6.07, 6.45) is 3.80. The van der Waals surface area contributed by atoms with Crippen LogP contribution >= 0.6 is 0 Å². The van der Waals surface area contributed by atoms with Crippen molar-refractivity contribution in [2.45, 2.75) is 30.6 Å². The first kappa shape index (κ1) is 19.1. The smallest absolute Gasteiger partial charge is 0.255 e. The van der Waals surface area contributed by atoms with Crippen LogP contribution in [-0.4, -0.2) is 31.7 Å². The molecule has 1 aliphatic heterocycles. The molecule has 27 heavy (non-hydrogen) atoms. The Balaban J connectivity index is 1.79. The fourth-order valence-corrected chi connectivity index (χ4v) is 4.62. The lowest BCUT2D eigenvalue weighted by molar-refractivity contribution is 0.102. The van der Waals surface area contributed by atoms with E-state index in [-0.39, 0.29) is 10.5 Å². The third-order valence-corrected chi connectivity index (χ3v) is 6.47. The van der Waals surface area contributed by atoms with Gasteiger partial charge in [-0.15, -0.1) is 0 Å². The minimum absolute atomic E-state index is 0.136. The number of nitrogens with one attached hydrogen (secondary N) is 1. The molecular formula is C20H21N3O3S. The third kappa shape index (κ3) is 4.54. The van der Waals surface area contributed by atoms with Gasteiger partial charge in [0, 0.05) is 24.3 Å². The Morgan fingerprint density at radius 1 is 1.00 bits per heavy atom. The maximum Gasteiger partial charge on any atom is 0.255 e. The number of hydrogen-bond donors (Lipinski definition) is 1. The molecule has 6 nitrogen and oxygen atoms in total. The first-order valence-electron chi connectivity index (χ1n) is 8.92. The largest absolute Gasteiger partial charge is 0.322 e. The zero-order valence-electron chi connectivity index (χ0n) is 14.9. The number of nitriles is 1. The Labute approximate surface area is 159 Å². The number of nitrogens with zero attached hydrogens (tertiary/aromatic N) is 2. The summed E-state index contributed by atoms with van der Waals surface area (Å²) in [5.74, 6) is -0.396. The van der Waals surface area contributed by atoms with Gasteiger partial charge in [0.25, 0.3) is 5.91 Å². The number of anilines is 1.